The molecule has 0 aliphatic carbocycles. The van der Waals surface area contributed by atoms with Gasteiger partial charge < -0.3 is 28.3 Å². The molecule has 4 bridgehead atoms. The highest BCUT2D eigenvalue weighted by Gasteiger charge is 2.67. The summed E-state index contributed by atoms with van der Waals surface area (Å²) in [4.78, 5) is 26.4. The number of H-pyrrole nitrogens is 1. The van der Waals surface area contributed by atoms with Crippen LogP contribution in [0.2, 0.25) is 0 Å². The maximum atomic E-state index is 12.5. The summed E-state index contributed by atoms with van der Waals surface area (Å²) in [5.74, 6) is 0.214. The highest BCUT2D eigenvalue weighted by atomic mass is 32.2. The molecule has 5 aliphatic heterocycles. The zero-order valence-corrected chi connectivity index (χ0v) is 48.8. The number of aromatic amines is 1. The fourth-order valence-corrected chi connectivity index (χ4v) is 15.8. The van der Waals surface area contributed by atoms with Crippen molar-refractivity contribution in [1.29, 1.82) is 0 Å². The minimum Gasteiger partial charge on any atom is -0.496 e. The van der Waals surface area contributed by atoms with Crippen LogP contribution in [0, 0.1) is 0 Å². The summed E-state index contributed by atoms with van der Waals surface area (Å²) in [5.41, 5.74) is 3.08. The van der Waals surface area contributed by atoms with Crippen LogP contribution in [-0.2, 0) is 49.0 Å². The molecule has 20 heteroatoms. The van der Waals surface area contributed by atoms with Gasteiger partial charge in [0.25, 0.3) is 5.56 Å². The van der Waals surface area contributed by atoms with Crippen LogP contribution in [0.5, 0.6) is 5.75 Å². The quantitative estimate of drug-likeness (QED) is 0.0914. The maximum absolute atomic E-state index is 12.5. The van der Waals surface area contributed by atoms with Crippen molar-refractivity contribution in [2.24, 2.45) is 0 Å². The molecule has 412 valence electrons. The lowest BCUT2D eigenvalue weighted by Crippen LogP contribution is -2.68. The lowest BCUT2D eigenvalue weighted by molar-refractivity contribution is -0.427. The van der Waals surface area contributed by atoms with Gasteiger partial charge in [0.05, 0.1) is 47.2 Å². The fraction of sp³-hybridized carbons (Fsp3) is 0.379. The Morgan fingerprint density at radius 1 is 0.692 bits per heavy atom. The molecule has 5 aliphatic rings. The first-order valence-corrected chi connectivity index (χ1v) is 30.7. The number of sulfonamides is 2. The summed E-state index contributed by atoms with van der Waals surface area (Å²) in [6, 6.07) is 38.3. The van der Waals surface area contributed by atoms with Crippen molar-refractivity contribution in [2.45, 2.75) is 121 Å². The van der Waals surface area contributed by atoms with Gasteiger partial charge in [-0.1, -0.05) is 93.6 Å². The molecule has 6 heterocycles. The normalized spacial score (nSPS) is 24.0. The molecule has 5 atom stereocenters. The van der Waals surface area contributed by atoms with Gasteiger partial charge >= 0.3 is 12.8 Å². The number of ether oxygens (including phenoxy) is 4. The van der Waals surface area contributed by atoms with Crippen LogP contribution >= 0.6 is 7.92 Å². The van der Waals surface area contributed by atoms with E-state index < -0.39 is 52.1 Å². The van der Waals surface area contributed by atoms with Gasteiger partial charge in [-0.15, -0.1) is 0 Å². The molecule has 78 heavy (non-hydrogen) atoms. The number of hydrogen-bond donors (Lipinski definition) is 3. The van der Waals surface area contributed by atoms with E-state index in [2.05, 4.69) is 86.3 Å². The van der Waals surface area contributed by atoms with Crippen molar-refractivity contribution in [1.82, 2.24) is 9.55 Å². The number of hydrogen-bond acceptors (Lipinski definition) is 12. The highest BCUT2D eigenvalue weighted by molar-refractivity contribution is 7.92. The predicted octanol–water partition coefficient (Wildman–Crippen LogP) is 9.67. The van der Waals surface area contributed by atoms with E-state index in [1.807, 2.05) is 94.4 Å². The molecule has 5 fully saturated rings. The van der Waals surface area contributed by atoms with Crippen molar-refractivity contribution in [3.05, 3.63) is 154 Å². The molecule has 5 unspecified atom stereocenters. The zero-order chi connectivity index (χ0) is 56.6. The Morgan fingerprint density at radius 3 is 1.79 bits per heavy atom. The van der Waals surface area contributed by atoms with Crippen molar-refractivity contribution in [3.8, 4) is 22.6 Å². The number of fused-ring (bicyclic) bond motifs is 2. The number of anilines is 2. The zero-order valence-electron chi connectivity index (χ0n) is 46.3. The largest absolute Gasteiger partial charge is 0.496 e. The molecule has 0 radical (unpaired) electrons. The van der Waals surface area contributed by atoms with E-state index in [-0.39, 0.29) is 33.6 Å². The molecular formula is C58H68BN4O12PS2. The number of benzene rings is 6. The molecule has 16 nitrogen and oxygen atoms in total. The van der Waals surface area contributed by atoms with Gasteiger partial charge in [-0.3, -0.25) is 23.8 Å². The van der Waals surface area contributed by atoms with Crippen LogP contribution in [0.25, 0.3) is 38.4 Å². The highest BCUT2D eigenvalue weighted by Crippen LogP contribution is 2.73. The molecule has 12 rings (SSSR count). The van der Waals surface area contributed by atoms with Gasteiger partial charge in [0.2, 0.25) is 20.0 Å². The van der Waals surface area contributed by atoms with Crippen LogP contribution in [0.1, 0.15) is 87.6 Å². The molecule has 0 saturated carbocycles. The minimum atomic E-state index is -3.38. The second kappa shape index (κ2) is 20.3. The average Bonchev–Trinajstić information content (AvgIpc) is 3.67. The van der Waals surface area contributed by atoms with Crippen LogP contribution in [0.4, 0.5) is 11.4 Å². The third kappa shape index (κ3) is 12.0. The second-order valence-electron chi connectivity index (χ2n) is 23.0. The summed E-state index contributed by atoms with van der Waals surface area (Å²) in [6.45, 7) is 20.8. The Hall–Kier alpha value is -5.89. The molecular weight excluding hydrogens is 1050 g/mol. The van der Waals surface area contributed by atoms with E-state index in [1.165, 1.54) is 22.1 Å². The van der Waals surface area contributed by atoms with Gasteiger partial charge in [0.15, 0.2) is 12.1 Å². The van der Waals surface area contributed by atoms with E-state index in [0.29, 0.717) is 22.8 Å². The van der Waals surface area contributed by atoms with Gasteiger partial charge in [0, 0.05) is 47.6 Å². The summed E-state index contributed by atoms with van der Waals surface area (Å²) >= 11 is 0. The Labute approximate surface area is 458 Å². The first kappa shape index (κ1) is 56.8. The number of rotatable bonds is 9. The smallest absolute Gasteiger partial charge is 0.494 e. The van der Waals surface area contributed by atoms with Crippen molar-refractivity contribution in [3.63, 3.8) is 0 Å². The third-order valence-corrected chi connectivity index (χ3v) is 19.1. The minimum absolute atomic E-state index is 0.107. The first-order valence-electron chi connectivity index (χ1n) is 25.6. The Morgan fingerprint density at radius 2 is 1.26 bits per heavy atom. The molecule has 0 spiro atoms. The molecule has 3 N–H and O–H groups in total. The first-order chi connectivity index (χ1) is 36.2. The van der Waals surface area contributed by atoms with Crippen molar-refractivity contribution >= 4 is 78.8 Å². The number of methoxy groups -OCH3 is 1. The number of aromatic nitrogens is 2. The van der Waals surface area contributed by atoms with Crippen molar-refractivity contribution < 1.29 is 45.1 Å². The summed E-state index contributed by atoms with van der Waals surface area (Å²) < 4.78 is 88.7. The Bertz CT molecular complexity index is 3770. The van der Waals surface area contributed by atoms with E-state index >= 15 is 0 Å². The van der Waals surface area contributed by atoms with E-state index in [0.717, 1.165) is 69.1 Å². The summed E-state index contributed by atoms with van der Waals surface area (Å²) in [6.07, 6.45) is 5.24. The van der Waals surface area contributed by atoms with Gasteiger partial charge in [-0.25, -0.2) is 21.6 Å². The summed E-state index contributed by atoms with van der Waals surface area (Å²) in [5, 5.41) is 4.81. The van der Waals surface area contributed by atoms with Crippen LogP contribution in [0.3, 0.4) is 0 Å². The monoisotopic (exact) mass is 1120 g/mol. The Balaban J connectivity index is 0.000000149. The molecule has 6 aromatic carbocycles. The van der Waals surface area contributed by atoms with Crippen LogP contribution in [-0.4, -0.2) is 87.1 Å². The van der Waals surface area contributed by atoms with Crippen molar-refractivity contribution in [2.75, 3.05) is 29.1 Å². The second-order valence-corrected chi connectivity index (χ2v) is 29.6. The average molecular weight is 1120 g/mol. The summed E-state index contributed by atoms with van der Waals surface area (Å²) in [7, 11) is -5.98. The number of nitrogens with one attached hydrogen (secondary N) is 3. The van der Waals surface area contributed by atoms with Gasteiger partial charge in [-0.2, -0.15) is 0 Å². The van der Waals surface area contributed by atoms with E-state index in [1.54, 1.807) is 25.3 Å². The van der Waals surface area contributed by atoms with E-state index in [4.69, 9.17) is 28.3 Å². The topological polar surface area (TPSA) is 203 Å². The maximum Gasteiger partial charge on any atom is 0.494 e. The SMILES string of the molecule is CC1(C)OB(c2ccc3cc(NS(C)(=O)=O)ccc3c2)OC1(C)C.CC12CC3(C)OC(CC(C)(O1)P3c1ccccc1)O2.COc1c(-c2ccc3cc(NS(C)(=O)=O)ccc3c2)cc(-n2ccc(=O)[nH]c2=O)cc1C(C)(C)C. The van der Waals surface area contributed by atoms with Gasteiger partial charge in [0.1, 0.15) is 5.75 Å². The molecule has 7 aromatic rings. The van der Waals surface area contributed by atoms with Crippen LogP contribution < -0.4 is 36.2 Å². The lowest BCUT2D eigenvalue weighted by atomic mass is 9.78. The standard InChI is InChI=1S/C26H27N3O5S.C17H22BNO4S.C15H19O3P/c1-26(2,3)22-15-20(29-11-10-23(30)27-25(29)31)14-21(24(22)34-4)18-7-6-17-13-19(28-35(5,32)33)9-8-16(17)12-18;1-16(2)17(3,4)23-18(22-16)14-8-6-13-11-15(19-24(5,20)21)9-7-12(13)10-14;1-13-10-15(3)17-12(16-13)9-14(2,18-13)19(15)11-7-5-4-6-8-11/h6-15,28H,1-5H3,(H,27,30,31);6-11,19H,1-5H3;4-8,12H,9-10H2,1-3H3. The number of nitrogens with zero attached hydrogens (tertiary/aromatic N) is 1. The molecule has 1 aromatic heterocycles. The van der Waals surface area contributed by atoms with Crippen LogP contribution in [0.15, 0.2) is 137 Å². The van der Waals surface area contributed by atoms with Gasteiger partial charge in [-0.05, 0) is 142 Å². The third-order valence-electron chi connectivity index (χ3n) is 14.7. The lowest BCUT2D eigenvalue weighted by Gasteiger charge is -2.66. The fourth-order valence-electron chi connectivity index (χ4n) is 10.8. The molecule has 0 amide bonds. The van der Waals surface area contributed by atoms with E-state index in [9.17, 15) is 26.4 Å². The Kier molecular flexibility index (Phi) is 14.8. The predicted molar refractivity (Wildman–Crippen MR) is 312 cm³/mol. The molecule has 5 saturated heterocycles.